The number of allylic oxidation sites excluding steroid dienone is 1. The van der Waals surface area contributed by atoms with E-state index in [1.54, 1.807) is 43.3 Å². The number of fused-ring (bicyclic) bond motifs is 1. The van der Waals surface area contributed by atoms with E-state index < -0.39 is 18.0 Å². The van der Waals surface area contributed by atoms with Gasteiger partial charge >= 0.3 is 11.9 Å². The SMILES string of the molecule is COC(=O)C1=C(C)N=c2s/c(=C\c3ccc(C(=O)O)cc3)c(=O)n2[C@@H]1c1cc(Cl)ccc1OC. The molecule has 1 aliphatic rings. The third-order valence-electron chi connectivity index (χ3n) is 5.37. The topological polar surface area (TPSA) is 107 Å². The number of nitrogens with zero attached hydrogens (tertiary/aromatic N) is 2. The monoisotopic (exact) mass is 498 g/mol. The fourth-order valence-electron chi connectivity index (χ4n) is 3.78. The normalized spacial score (nSPS) is 15.5. The molecule has 0 saturated carbocycles. The number of aromatic nitrogens is 1. The Morgan fingerprint density at radius 1 is 1.18 bits per heavy atom. The summed E-state index contributed by atoms with van der Waals surface area (Å²) in [6, 6.07) is 10.3. The number of hydrogen-bond acceptors (Lipinski definition) is 7. The number of carboxylic acid groups (broad SMARTS) is 1. The molecule has 0 unspecified atom stereocenters. The molecule has 0 spiro atoms. The number of hydrogen-bond donors (Lipinski definition) is 1. The van der Waals surface area contributed by atoms with E-state index in [4.69, 9.17) is 26.2 Å². The summed E-state index contributed by atoms with van der Waals surface area (Å²) in [6.07, 6.45) is 1.65. The number of esters is 1. The third kappa shape index (κ3) is 4.15. The van der Waals surface area contributed by atoms with Gasteiger partial charge in [0, 0.05) is 10.6 Å². The van der Waals surface area contributed by atoms with Gasteiger partial charge in [0.1, 0.15) is 11.8 Å². The van der Waals surface area contributed by atoms with Crippen LogP contribution in [0.25, 0.3) is 6.08 Å². The predicted molar refractivity (Wildman–Crippen MR) is 127 cm³/mol. The standard InChI is InChI=1S/C24H19ClN2O6S/c1-12-19(23(31)33-3)20(16-11-15(25)8-9-17(16)32-2)27-21(28)18(34-24(27)26-12)10-13-4-6-14(7-5-13)22(29)30/h4-11,20H,1-3H3,(H,29,30)/b18-10-/t20-/m1/s1. The highest BCUT2D eigenvalue weighted by atomic mass is 35.5. The Hall–Kier alpha value is -3.69. The minimum atomic E-state index is -1.03. The summed E-state index contributed by atoms with van der Waals surface area (Å²) in [4.78, 5) is 42.3. The van der Waals surface area contributed by atoms with Crippen molar-refractivity contribution in [1.29, 1.82) is 0 Å². The summed E-state index contributed by atoms with van der Waals surface area (Å²) in [6.45, 7) is 1.68. The molecule has 4 rings (SSSR count). The van der Waals surface area contributed by atoms with E-state index in [9.17, 15) is 14.4 Å². The van der Waals surface area contributed by atoms with Gasteiger partial charge in [0.05, 0.1) is 35.6 Å². The van der Waals surface area contributed by atoms with Gasteiger partial charge in [0.15, 0.2) is 4.80 Å². The van der Waals surface area contributed by atoms with Gasteiger partial charge in [-0.15, -0.1) is 0 Å². The fraction of sp³-hybridized carbons (Fsp3) is 0.167. The van der Waals surface area contributed by atoms with Crippen molar-refractivity contribution in [3.8, 4) is 5.75 Å². The lowest BCUT2D eigenvalue weighted by Crippen LogP contribution is -2.40. The van der Waals surface area contributed by atoms with Gasteiger partial charge in [0.25, 0.3) is 5.56 Å². The fourth-order valence-corrected chi connectivity index (χ4v) is 5.01. The zero-order chi connectivity index (χ0) is 24.6. The van der Waals surface area contributed by atoms with Crippen molar-refractivity contribution in [1.82, 2.24) is 4.57 Å². The molecule has 0 saturated heterocycles. The van der Waals surface area contributed by atoms with Crippen molar-refractivity contribution in [2.45, 2.75) is 13.0 Å². The van der Waals surface area contributed by atoms with Crippen LogP contribution in [-0.4, -0.2) is 35.8 Å². The second-order valence-electron chi connectivity index (χ2n) is 7.39. The molecule has 1 N–H and O–H groups in total. The van der Waals surface area contributed by atoms with Crippen molar-refractivity contribution in [3.63, 3.8) is 0 Å². The summed E-state index contributed by atoms with van der Waals surface area (Å²) in [5, 5.41) is 9.51. The molecule has 1 aromatic heterocycles. The minimum absolute atomic E-state index is 0.144. The van der Waals surface area contributed by atoms with Crippen LogP contribution in [0, 0.1) is 0 Å². The lowest BCUT2D eigenvalue weighted by Gasteiger charge is -2.25. The molecule has 174 valence electrons. The van der Waals surface area contributed by atoms with Crippen LogP contribution < -0.4 is 19.6 Å². The molecule has 0 bridgehead atoms. The van der Waals surface area contributed by atoms with E-state index >= 15 is 0 Å². The first-order chi connectivity index (χ1) is 16.2. The molecular weight excluding hydrogens is 480 g/mol. The molecule has 2 heterocycles. The second-order valence-corrected chi connectivity index (χ2v) is 8.83. The number of aromatic carboxylic acids is 1. The van der Waals surface area contributed by atoms with E-state index in [2.05, 4.69) is 4.99 Å². The summed E-state index contributed by atoms with van der Waals surface area (Å²) < 4.78 is 12.3. The quantitative estimate of drug-likeness (QED) is 0.542. The number of carbonyl (C=O) groups excluding carboxylic acids is 1. The molecule has 0 radical (unpaired) electrons. The first kappa shape index (κ1) is 23.5. The molecule has 2 aromatic carbocycles. The Kier molecular flexibility index (Phi) is 6.41. The van der Waals surface area contributed by atoms with Crippen LogP contribution >= 0.6 is 22.9 Å². The Morgan fingerprint density at radius 2 is 1.88 bits per heavy atom. The summed E-state index contributed by atoms with van der Waals surface area (Å²) in [5.74, 6) is -1.21. The molecule has 1 atom stereocenters. The molecule has 0 fully saturated rings. The Labute approximate surface area is 202 Å². The van der Waals surface area contributed by atoms with E-state index in [1.807, 2.05) is 0 Å². The van der Waals surface area contributed by atoms with Crippen LogP contribution in [-0.2, 0) is 9.53 Å². The van der Waals surface area contributed by atoms with Gasteiger partial charge in [-0.3, -0.25) is 9.36 Å². The van der Waals surface area contributed by atoms with E-state index in [0.717, 1.165) is 11.3 Å². The highest BCUT2D eigenvalue weighted by Crippen LogP contribution is 2.37. The van der Waals surface area contributed by atoms with Gasteiger partial charge in [-0.1, -0.05) is 35.1 Å². The smallest absolute Gasteiger partial charge is 0.338 e. The molecule has 0 aliphatic carbocycles. The maximum atomic E-state index is 13.6. The Morgan fingerprint density at radius 3 is 2.50 bits per heavy atom. The van der Waals surface area contributed by atoms with Crippen molar-refractivity contribution in [2.75, 3.05) is 14.2 Å². The Bertz CT molecular complexity index is 1520. The highest BCUT2D eigenvalue weighted by Gasteiger charge is 2.35. The summed E-state index contributed by atoms with van der Waals surface area (Å²) >= 11 is 7.42. The van der Waals surface area contributed by atoms with Gasteiger partial charge in [-0.2, -0.15) is 0 Å². The lowest BCUT2D eigenvalue weighted by atomic mass is 9.95. The van der Waals surface area contributed by atoms with E-state index in [-0.39, 0.29) is 16.7 Å². The van der Waals surface area contributed by atoms with Crippen molar-refractivity contribution in [3.05, 3.63) is 95.1 Å². The zero-order valence-corrected chi connectivity index (χ0v) is 19.9. The van der Waals surface area contributed by atoms with E-state index in [0.29, 0.717) is 36.9 Å². The van der Waals surface area contributed by atoms with Crippen LogP contribution in [0.5, 0.6) is 5.75 Å². The van der Waals surface area contributed by atoms with Gasteiger partial charge in [-0.25, -0.2) is 14.6 Å². The average Bonchev–Trinajstić information content (AvgIpc) is 3.12. The average molecular weight is 499 g/mol. The van der Waals surface area contributed by atoms with Crippen LogP contribution in [0.15, 0.2) is 63.5 Å². The molecule has 0 amide bonds. The number of carbonyl (C=O) groups is 2. The van der Waals surface area contributed by atoms with Gasteiger partial charge in [0.2, 0.25) is 0 Å². The van der Waals surface area contributed by atoms with Crippen molar-refractivity contribution in [2.24, 2.45) is 4.99 Å². The van der Waals surface area contributed by atoms with Crippen LogP contribution in [0.4, 0.5) is 0 Å². The number of thiazole rings is 1. The van der Waals surface area contributed by atoms with Crippen molar-refractivity contribution >= 4 is 41.0 Å². The van der Waals surface area contributed by atoms with Crippen LogP contribution in [0.1, 0.15) is 34.5 Å². The second kappa shape index (κ2) is 9.28. The maximum absolute atomic E-state index is 13.6. The number of benzene rings is 2. The largest absolute Gasteiger partial charge is 0.496 e. The number of methoxy groups -OCH3 is 2. The minimum Gasteiger partial charge on any atom is -0.496 e. The van der Waals surface area contributed by atoms with Crippen LogP contribution in [0.2, 0.25) is 5.02 Å². The number of ether oxygens (including phenoxy) is 2. The van der Waals surface area contributed by atoms with Gasteiger partial charge in [-0.05, 0) is 48.9 Å². The molecule has 3 aromatic rings. The molecule has 1 aliphatic heterocycles. The summed E-state index contributed by atoms with van der Waals surface area (Å²) in [7, 11) is 2.76. The summed E-state index contributed by atoms with van der Waals surface area (Å²) in [5.41, 5.74) is 1.56. The predicted octanol–water partition coefficient (Wildman–Crippen LogP) is 2.77. The number of rotatable bonds is 5. The van der Waals surface area contributed by atoms with E-state index in [1.165, 1.54) is 30.9 Å². The molecule has 8 nitrogen and oxygen atoms in total. The highest BCUT2D eigenvalue weighted by molar-refractivity contribution is 7.07. The third-order valence-corrected chi connectivity index (χ3v) is 6.59. The first-order valence-corrected chi connectivity index (χ1v) is 11.2. The molecule has 34 heavy (non-hydrogen) atoms. The van der Waals surface area contributed by atoms with Gasteiger partial charge < -0.3 is 14.6 Å². The first-order valence-electron chi connectivity index (χ1n) is 10.0. The number of carboxylic acids is 1. The van der Waals surface area contributed by atoms with Crippen molar-refractivity contribution < 1.29 is 24.2 Å². The zero-order valence-electron chi connectivity index (χ0n) is 18.4. The lowest BCUT2D eigenvalue weighted by molar-refractivity contribution is -0.136. The maximum Gasteiger partial charge on any atom is 0.338 e. The molecule has 10 heteroatoms. The Balaban J connectivity index is 1.97. The number of halogens is 1. The molecular formula is C24H19ClN2O6S. The van der Waals surface area contributed by atoms with Crippen LogP contribution in [0.3, 0.4) is 0 Å².